The number of anilines is 8. The average Bonchev–Trinajstić information content (AvgIpc) is 1.62. The Bertz CT molecular complexity index is 5380. The summed E-state index contributed by atoms with van der Waals surface area (Å²) in [4.78, 5) is 108. The van der Waals surface area contributed by atoms with Crippen LogP contribution in [-0.2, 0) is 23.7 Å². The van der Waals surface area contributed by atoms with E-state index in [1.54, 1.807) is 149 Å². The summed E-state index contributed by atoms with van der Waals surface area (Å²) in [5.41, 5.74) is 7.61. The van der Waals surface area contributed by atoms with Crippen molar-refractivity contribution in [3.63, 3.8) is 0 Å². The highest BCUT2D eigenvalue weighted by molar-refractivity contribution is 6.31. The number of hydrogen-bond donors (Lipinski definition) is 7. The molecule has 4 amide bonds. The molecule has 674 valence electrons. The van der Waals surface area contributed by atoms with Crippen LogP contribution in [0.25, 0.3) is 16.8 Å². The minimum atomic E-state index is -0.746. The van der Waals surface area contributed by atoms with Crippen molar-refractivity contribution in [2.45, 2.75) is 178 Å². The fourth-order valence-electron chi connectivity index (χ4n) is 15.9. The first-order chi connectivity index (χ1) is 58.8. The first-order valence-corrected chi connectivity index (χ1v) is 42.0. The molecule has 35 nitrogen and oxygen atoms in total. The molecule has 9 aromatic rings. The molecule has 124 heavy (non-hydrogen) atoms. The maximum Gasteiger partial charge on any atom is 0.415 e. The Morgan fingerprint density at radius 2 is 0.984 bits per heavy atom. The number of methoxy groups -OCH3 is 3. The Morgan fingerprint density at radius 3 is 1.44 bits per heavy atom. The fraction of sp³-hybridized carbons (Fsp3) is 0.548. The molecule has 9 aromatic heterocycles. The number of aromatic nitrogens is 11. The third-order valence-electron chi connectivity index (χ3n) is 23.0. The van der Waals surface area contributed by atoms with Crippen molar-refractivity contribution in [1.82, 2.24) is 83.2 Å². The van der Waals surface area contributed by atoms with Crippen LogP contribution < -0.4 is 64.1 Å². The van der Waals surface area contributed by atoms with E-state index in [9.17, 15) is 46.7 Å². The molecule has 6 fully saturated rings. The van der Waals surface area contributed by atoms with Crippen molar-refractivity contribution in [2.24, 2.45) is 0 Å². The van der Waals surface area contributed by atoms with Gasteiger partial charge < -0.3 is 75.0 Å². The third-order valence-corrected chi connectivity index (χ3v) is 23.2. The van der Waals surface area contributed by atoms with Gasteiger partial charge in [-0.05, 0) is 155 Å². The average molecular weight is 1770 g/mol. The van der Waals surface area contributed by atoms with E-state index >= 15 is 0 Å². The van der Waals surface area contributed by atoms with Crippen LogP contribution in [0.5, 0.6) is 0 Å². The van der Waals surface area contributed by atoms with Gasteiger partial charge in [-0.1, -0.05) is 11.6 Å². The lowest BCUT2D eigenvalue weighted by molar-refractivity contribution is 0.00295. The van der Waals surface area contributed by atoms with Gasteiger partial charge >= 0.3 is 12.2 Å². The van der Waals surface area contributed by atoms with E-state index in [1.807, 2.05) is 41.4 Å². The zero-order valence-electron chi connectivity index (χ0n) is 72.4. The maximum atomic E-state index is 13.5. The second-order valence-electron chi connectivity index (χ2n) is 33.6. The van der Waals surface area contributed by atoms with Crippen molar-refractivity contribution in [3.8, 4) is 0 Å². The van der Waals surface area contributed by atoms with E-state index in [1.165, 1.54) is 38.3 Å². The highest BCUT2D eigenvalue weighted by Crippen LogP contribution is 2.34. The number of fused-ring (bicyclic) bond motifs is 3. The summed E-state index contributed by atoms with van der Waals surface area (Å²) in [5.74, 6) is 1.58. The van der Waals surface area contributed by atoms with E-state index in [4.69, 9.17) is 46.0 Å². The number of halogens is 5. The highest BCUT2D eigenvalue weighted by Gasteiger charge is 2.38. The maximum absolute atomic E-state index is 13.5. The Labute approximate surface area is 728 Å². The number of ether oxygens (including phenoxy) is 5. The molecule has 0 bridgehead atoms. The molecule has 0 spiro atoms. The molecule has 0 aromatic carbocycles. The molecule has 40 heteroatoms. The van der Waals surface area contributed by atoms with Crippen molar-refractivity contribution in [2.75, 3.05) is 153 Å². The van der Waals surface area contributed by atoms with E-state index in [2.05, 4.69) is 64.0 Å². The number of carbonyl (C=O) groups excluding carboxylic acids is 4. The van der Waals surface area contributed by atoms with E-state index in [0.717, 1.165) is 95.3 Å². The summed E-state index contributed by atoms with van der Waals surface area (Å²) in [6.07, 6.45) is 17.0. The number of likely N-dealkylation sites (tertiary alicyclic amines) is 3. The third kappa shape index (κ3) is 22.2. The number of rotatable bonds is 26. The molecule has 3 saturated carbocycles. The van der Waals surface area contributed by atoms with Gasteiger partial charge in [0.1, 0.15) is 77.3 Å². The first-order valence-electron chi connectivity index (χ1n) is 41.6. The van der Waals surface area contributed by atoms with Gasteiger partial charge in [0.05, 0.1) is 83.9 Å². The molecule has 4 unspecified atom stereocenters. The number of amides is 4. The summed E-state index contributed by atoms with van der Waals surface area (Å²) in [6, 6.07) is 17.3. The standard InChI is InChI=1S/C29H39FN8O5.C25H35FN8O2.C19H25ClN4O4.C11H16FN3O.ClH/c1-29(2,3)43-28(41)35(4)24-15-23(32-21-7-6-12-37(27(21)40)18-10-13-36(17-18)14-11-30)34-25-19(16-31-38(24)25)26(39)33-20-8-9-22(20)42-5;1-16(29-19-6-7-21(19)36-3)18-14-28-34-23(27-2)13-22(31-24(18)34)30-20-5-4-10-33(25(20)35)17-8-11-32(15-17)12-9-26;1-19(2,3)28-18(26)23(4)16-9-11(20)8-14-12(10-21-24(14)16)17(25)22-13-6-7-15(13)27-5;12-4-7-14-6-3-9(8-14)15-5-1-2-10(13)11(15)16;/h6-7,12,15-16,18,20,22H,8-11,13-14,17H2,1-5H3,(H,32,34)(H,33,39);4-5,10,13-14,16-17,19,21,27,29H,6-9,11-12,15H2,1-3H3,(H,30,31);8-10,13,15H,6-7H2,1-5H3,(H,22,25);1-2,5,9H,3-4,6-8,13H2;1H/t18-,20?,22-;16?,17-,19?,21-;13?,15-;9-;/m1101./s1. The SMILES string of the molecule is CNc1cc(Nc2cccn([C@@H]3CCN(CCF)C3)c2=O)nc2c(C(C)NC3CC[C@H]3OC)cnn12.CO[C@@H]1CCC1NC(=O)c1cnn2c(N(C)C(=O)OC(C)(C)C)cc(Nc3cccn([C@@H]4CCN(CCF)C4)c3=O)nc12.CO[C@H]1CCC1NC(=O)c1cnn2c(N(C)C(=O)OC(C)(C)C)cc(Cl)cc12.Cl.Nc1cccn([C@@H]2CCN(CCF)C2)c1=O. The van der Waals surface area contributed by atoms with Crippen LogP contribution >= 0.6 is 24.0 Å². The number of nitrogens with zero attached hydrogens (tertiary/aromatic N) is 16. The van der Waals surface area contributed by atoms with Crippen LogP contribution in [0.1, 0.15) is 157 Å². The molecule has 12 heterocycles. The van der Waals surface area contributed by atoms with Gasteiger partial charge in [0, 0.05) is 155 Å². The molecule has 0 radical (unpaired) electrons. The van der Waals surface area contributed by atoms with E-state index in [0.29, 0.717) is 77.8 Å². The summed E-state index contributed by atoms with van der Waals surface area (Å²) < 4.78 is 74.8. The van der Waals surface area contributed by atoms with Crippen molar-refractivity contribution in [3.05, 3.63) is 151 Å². The first kappa shape index (κ1) is 94.2. The smallest absolute Gasteiger partial charge is 0.415 e. The normalized spacial score (nSPS) is 20.9. The summed E-state index contributed by atoms with van der Waals surface area (Å²) >= 11 is 6.26. The lowest BCUT2D eigenvalue weighted by atomic mass is 9.88. The predicted octanol–water partition coefficient (Wildman–Crippen LogP) is 10.2. The lowest BCUT2D eigenvalue weighted by Crippen LogP contribution is -2.51. The fourth-order valence-corrected chi connectivity index (χ4v) is 16.1. The number of nitrogens with two attached hydrogens (primary N) is 1. The van der Waals surface area contributed by atoms with Gasteiger partial charge in [0.2, 0.25) is 0 Å². The Kier molecular flexibility index (Phi) is 31.6. The minimum absolute atomic E-state index is 0. The number of nitrogens with one attached hydrogen (secondary N) is 6. The molecule has 3 aliphatic heterocycles. The van der Waals surface area contributed by atoms with E-state index < -0.39 is 30.1 Å². The van der Waals surface area contributed by atoms with Crippen LogP contribution in [0, 0.1) is 0 Å². The van der Waals surface area contributed by atoms with Gasteiger partial charge in [-0.3, -0.25) is 48.5 Å². The Balaban J connectivity index is 0.000000168. The monoisotopic (exact) mass is 1770 g/mol. The predicted molar refractivity (Wildman–Crippen MR) is 471 cm³/mol. The Hall–Kier alpha value is -10.5. The highest BCUT2D eigenvalue weighted by atomic mass is 35.5. The quantitative estimate of drug-likeness (QED) is 0.0265. The van der Waals surface area contributed by atoms with Crippen molar-refractivity contribution < 1.29 is 56.0 Å². The summed E-state index contributed by atoms with van der Waals surface area (Å²) in [6.45, 7) is 17.2. The molecular weight excluding hydrogens is 1650 g/mol. The second-order valence-corrected chi connectivity index (χ2v) is 34.0. The van der Waals surface area contributed by atoms with Crippen LogP contribution in [0.4, 0.5) is 68.9 Å². The van der Waals surface area contributed by atoms with Gasteiger partial charge in [-0.2, -0.15) is 24.3 Å². The summed E-state index contributed by atoms with van der Waals surface area (Å²) in [7, 11) is 9.93. The van der Waals surface area contributed by atoms with Gasteiger partial charge in [0.25, 0.3) is 28.5 Å². The molecule has 15 rings (SSSR count). The number of alkyl halides is 3. The number of pyridine rings is 4. The number of hydrogen-bond acceptors (Lipinski definition) is 25. The van der Waals surface area contributed by atoms with Crippen molar-refractivity contribution >= 4 is 111 Å². The Morgan fingerprint density at radius 1 is 0.556 bits per heavy atom. The largest absolute Gasteiger partial charge is 0.443 e. The topological polar surface area (TPSA) is 373 Å². The molecule has 6 aliphatic rings. The number of carbonyl (C=O) groups is 4. The van der Waals surface area contributed by atoms with E-state index in [-0.39, 0.29) is 143 Å². The van der Waals surface area contributed by atoms with Crippen LogP contribution in [0.15, 0.2) is 112 Å². The number of nitrogen functional groups attached to an aromatic ring is 1. The lowest BCUT2D eigenvalue weighted by Gasteiger charge is -2.37. The minimum Gasteiger partial charge on any atom is -0.443 e. The van der Waals surface area contributed by atoms with Crippen molar-refractivity contribution in [1.29, 1.82) is 0 Å². The van der Waals surface area contributed by atoms with Crippen LogP contribution in [0.3, 0.4) is 0 Å². The molecule has 8 N–H and O–H groups in total. The van der Waals surface area contributed by atoms with Gasteiger partial charge in [0.15, 0.2) is 11.3 Å². The van der Waals surface area contributed by atoms with Crippen LogP contribution in [-0.4, -0.2) is 260 Å². The summed E-state index contributed by atoms with van der Waals surface area (Å²) in [5, 5.41) is 32.7. The second kappa shape index (κ2) is 41.6. The van der Waals surface area contributed by atoms with Crippen LogP contribution in [0.2, 0.25) is 5.02 Å². The molecule has 3 aliphatic carbocycles. The molecule has 10 atom stereocenters. The van der Waals surface area contributed by atoms with Gasteiger partial charge in [-0.15, -0.1) is 12.4 Å². The zero-order valence-corrected chi connectivity index (χ0v) is 74.0. The molecule has 3 saturated heterocycles. The van der Waals surface area contributed by atoms with Gasteiger partial charge in [-0.25, -0.2) is 37.2 Å². The molecular formula is C84H116Cl2F3N23O12. The zero-order chi connectivity index (χ0) is 88.3.